The molecule has 0 fully saturated rings. The first kappa shape index (κ1) is 10.2. The third-order valence-corrected chi connectivity index (χ3v) is 2.02. The number of hydrogen-bond donors (Lipinski definition) is 0. The molecular formula is C9H18N4. The molecule has 0 unspecified atom stereocenters. The van der Waals surface area contributed by atoms with E-state index >= 15 is 0 Å². The van der Waals surface area contributed by atoms with Gasteiger partial charge in [-0.05, 0) is 11.6 Å². The van der Waals surface area contributed by atoms with Crippen LogP contribution in [0, 0.1) is 0 Å². The summed E-state index contributed by atoms with van der Waals surface area (Å²) in [4.78, 5) is 1.70. The molecule has 1 rings (SSSR count). The first-order valence-electron chi connectivity index (χ1n) is 5.13. The van der Waals surface area contributed by atoms with Gasteiger partial charge in [-0.3, -0.25) is 0 Å². The lowest BCUT2D eigenvalue weighted by molar-refractivity contribution is 0.479. The third kappa shape index (κ3) is 3.53. The van der Waals surface area contributed by atoms with E-state index < -0.39 is 0 Å². The minimum atomic E-state index is 0.843. The van der Waals surface area contributed by atoms with Gasteiger partial charge in [0.2, 0.25) is 0 Å². The Balaban J connectivity index is 2.20. The van der Waals surface area contributed by atoms with Crippen LogP contribution in [0.1, 0.15) is 45.4 Å². The van der Waals surface area contributed by atoms with E-state index in [2.05, 4.69) is 22.3 Å². The summed E-state index contributed by atoms with van der Waals surface area (Å²) in [5, 5.41) is 12.1. The second kappa shape index (κ2) is 5.67. The molecule has 1 aromatic rings. The van der Waals surface area contributed by atoms with Crippen molar-refractivity contribution in [2.75, 3.05) is 0 Å². The zero-order valence-electron chi connectivity index (χ0n) is 8.53. The second-order valence-electron chi connectivity index (χ2n) is 3.22. The molecule has 4 nitrogen and oxygen atoms in total. The molecule has 1 aromatic heterocycles. The Labute approximate surface area is 79.3 Å². The smallest absolute Gasteiger partial charge is 0.164 e. The molecule has 74 valence electrons. The summed E-state index contributed by atoms with van der Waals surface area (Å²) in [6, 6.07) is 0. The van der Waals surface area contributed by atoms with Crippen LogP contribution >= 0.6 is 0 Å². The molecule has 0 aliphatic heterocycles. The van der Waals surface area contributed by atoms with Gasteiger partial charge < -0.3 is 0 Å². The van der Waals surface area contributed by atoms with Gasteiger partial charge in [0.25, 0.3) is 0 Å². The minimum Gasteiger partial charge on any atom is -0.164 e. The Morgan fingerprint density at radius 2 is 2.00 bits per heavy atom. The molecule has 0 atom stereocenters. The maximum absolute atomic E-state index is 4.22. The van der Waals surface area contributed by atoms with Crippen molar-refractivity contribution in [3.8, 4) is 0 Å². The number of rotatable bonds is 6. The Kier molecular flexibility index (Phi) is 4.43. The van der Waals surface area contributed by atoms with Crippen LogP contribution in [0.4, 0.5) is 0 Å². The van der Waals surface area contributed by atoms with Crippen molar-refractivity contribution in [3.05, 3.63) is 5.82 Å². The van der Waals surface area contributed by atoms with E-state index in [-0.39, 0.29) is 0 Å². The van der Waals surface area contributed by atoms with Gasteiger partial charge >= 0.3 is 0 Å². The predicted molar refractivity (Wildman–Crippen MR) is 51.3 cm³/mol. The number of tetrazole rings is 1. The normalized spacial score (nSPS) is 10.6. The number of hydrogen-bond acceptors (Lipinski definition) is 3. The van der Waals surface area contributed by atoms with E-state index in [0.29, 0.717) is 0 Å². The van der Waals surface area contributed by atoms with E-state index in [0.717, 1.165) is 25.2 Å². The summed E-state index contributed by atoms with van der Waals surface area (Å²) >= 11 is 0. The van der Waals surface area contributed by atoms with Crippen LogP contribution in [0.15, 0.2) is 0 Å². The topological polar surface area (TPSA) is 43.6 Å². The summed E-state index contributed by atoms with van der Waals surface area (Å²) in [7, 11) is 0. The van der Waals surface area contributed by atoms with E-state index in [1.165, 1.54) is 19.3 Å². The summed E-state index contributed by atoms with van der Waals surface area (Å²) in [6.45, 7) is 5.16. The van der Waals surface area contributed by atoms with Gasteiger partial charge in [-0.2, -0.15) is 4.80 Å². The molecule has 13 heavy (non-hydrogen) atoms. The highest BCUT2D eigenvalue weighted by Crippen LogP contribution is 2.00. The highest BCUT2D eigenvalue weighted by atomic mass is 15.6. The van der Waals surface area contributed by atoms with Crippen LogP contribution in [-0.2, 0) is 13.0 Å². The van der Waals surface area contributed by atoms with Gasteiger partial charge in [0.1, 0.15) is 0 Å². The fourth-order valence-corrected chi connectivity index (χ4v) is 1.19. The van der Waals surface area contributed by atoms with Crippen LogP contribution in [0.3, 0.4) is 0 Å². The van der Waals surface area contributed by atoms with Gasteiger partial charge in [-0.25, -0.2) is 0 Å². The molecule has 4 heteroatoms. The lowest BCUT2D eigenvalue weighted by atomic mass is 10.2. The standard InChI is InChI=1S/C9H18N4/c1-3-5-6-7-8-13-11-9(4-2)10-12-13/h3-8H2,1-2H3. The van der Waals surface area contributed by atoms with Gasteiger partial charge in [0.05, 0.1) is 6.54 Å². The molecular weight excluding hydrogens is 164 g/mol. The molecule has 0 spiro atoms. The van der Waals surface area contributed by atoms with Gasteiger partial charge in [-0.1, -0.05) is 33.1 Å². The Hall–Kier alpha value is -0.930. The molecule has 0 N–H and O–H groups in total. The van der Waals surface area contributed by atoms with Crippen molar-refractivity contribution in [2.45, 2.75) is 52.5 Å². The molecule has 0 bridgehead atoms. The van der Waals surface area contributed by atoms with Crippen LogP contribution in [0.25, 0.3) is 0 Å². The highest BCUT2D eigenvalue weighted by Gasteiger charge is 1.98. The first-order chi connectivity index (χ1) is 6.36. The average molecular weight is 182 g/mol. The molecule has 1 heterocycles. The molecule has 0 aliphatic carbocycles. The number of nitrogens with zero attached hydrogens (tertiary/aromatic N) is 4. The number of aromatic nitrogens is 4. The summed E-state index contributed by atoms with van der Waals surface area (Å²) in [5.41, 5.74) is 0. The van der Waals surface area contributed by atoms with Crippen LogP contribution in [0.5, 0.6) is 0 Å². The largest absolute Gasteiger partial charge is 0.174 e. The summed E-state index contributed by atoms with van der Waals surface area (Å²) < 4.78 is 0. The monoisotopic (exact) mass is 182 g/mol. The van der Waals surface area contributed by atoms with Crippen LogP contribution in [-0.4, -0.2) is 20.2 Å². The zero-order valence-corrected chi connectivity index (χ0v) is 8.53. The van der Waals surface area contributed by atoms with E-state index in [4.69, 9.17) is 0 Å². The summed E-state index contributed by atoms with van der Waals surface area (Å²) in [5.74, 6) is 0.843. The predicted octanol–water partition coefficient (Wildman–Crippen LogP) is 1.82. The Bertz CT molecular complexity index is 231. The fourth-order valence-electron chi connectivity index (χ4n) is 1.19. The maximum Gasteiger partial charge on any atom is 0.174 e. The van der Waals surface area contributed by atoms with E-state index in [1.54, 1.807) is 4.80 Å². The summed E-state index contributed by atoms with van der Waals surface area (Å²) in [6.07, 6.45) is 5.86. The van der Waals surface area contributed by atoms with Crippen molar-refractivity contribution >= 4 is 0 Å². The first-order valence-corrected chi connectivity index (χ1v) is 5.13. The van der Waals surface area contributed by atoms with E-state index in [9.17, 15) is 0 Å². The average Bonchev–Trinajstić information content (AvgIpc) is 2.60. The third-order valence-electron chi connectivity index (χ3n) is 2.02. The van der Waals surface area contributed by atoms with Gasteiger partial charge in [0, 0.05) is 6.42 Å². The zero-order chi connectivity index (χ0) is 9.52. The molecule has 0 aromatic carbocycles. The lowest BCUT2D eigenvalue weighted by Gasteiger charge is -1.97. The highest BCUT2D eigenvalue weighted by molar-refractivity contribution is 4.73. The molecule has 0 saturated heterocycles. The Morgan fingerprint density at radius 3 is 2.62 bits per heavy atom. The fraction of sp³-hybridized carbons (Fsp3) is 0.889. The maximum atomic E-state index is 4.22. The van der Waals surface area contributed by atoms with Gasteiger partial charge in [0.15, 0.2) is 5.82 Å². The quantitative estimate of drug-likeness (QED) is 0.630. The lowest BCUT2D eigenvalue weighted by Crippen LogP contribution is -2.02. The van der Waals surface area contributed by atoms with Crippen molar-refractivity contribution in [2.24, 2.45) is 0 Å². The van der Waals surface area contributed by atoms with Crippen molar-refractivity contribution in [1.29, 1.82) is 0 Å². The second-order valence-corrected chi connectivity index (χ2v) is 3.22. The van der Waals surface area contributed by atoms with Gasteiger partial charge in [-0.15, -0.1) is 10.2 Å². The minimum absolute atomic E-state index is 0.843. The van der Waals surface area contributed by atoms with Crippen LogP contribution in [0.2, 0.25) is 0 Å². The molecule has 0 amide bonds. The SMILES string of the molecule is CCCCCCn1nnc(CC)n1. The van der Waals surface area contributed by atoms with Crippen molar-refractivity contribution in [1.82, 2.24) is 20.2 Å². The molecule has 0 aliphatic rings. The number of unbranched alkanes of at least 4 members (excludes halogenated alkanes) is 3. The van der Waals surface area contributed by atoms with Crippen molar-refractivity contribution < 1.29 is 0 Å². The Morgan fingerprint density at radius 1 is 1.15 bits per heavy atom. The number of aryl methyl sites for hydroxylation is 2. The molecule has 0 radical (unpaired) electrons. The van der Waals surface area contributed by atoms with Crippen LogP contribution < -0.4 is 0 Å². The molecule has 0 saturated carbocycles. The van der Waals surface area contributed by atoms with E-state index in [1.807, 2.05) is 6.92 Å². The van der Waals surface area contributed by atoms with Crippen molar-refractivity contribution in [3.63, 3.8) is 0 Å².